The predicted octanol–water partition coefficient (Wildman–Crippen LogP) is 9.82. The van der Waals surface area contributed by atoms with Gasteiger partial charge in [-0.25, -0.2) is 0 Å². The van der Waals surface area contributed by atoms with E-state index in [-0.39, 0.29) is 48.4 Å². The second kappa shape index (κ2) is 50.0. The summed E-state index contributed by atoms with van der Waals surface area (Å²) in [5.74, 6) is -3.76. The third-order valence-corrected chi connectivity index (χ3v) is 12.0. The van der Waals surface area contributed by atoms with Crippen molar-refractivity contribution in [2.75, 3.05) is 34.4 Å². The van der Waals surface area contributed by atoms with Gasteiger partial charge in [-0.1, -0.05) is 95.9 Å². The number of nitrogens with one attached hydrogen (secondary N) is 1. The van der Waals surface area contributed by atoms with E-state index >= 15 is 0 Å². The minimum Gasteiger partial charge on any atom is -0.481 e. The highest BCUT2D eigenvalue weighted by Crippen LogP contribution is 2.33. The van der Waals surface area contributed by atoms with Crippen LogP contribution in [0.1, 0.15) is 199 Å². The first kappa shape index (κ1) is 81.6. The predicted molar refractivity (Wildman–Crippen MR) is 310 cm³/mol. The van der Waals surface area contributed by atoms with Crippen molar-refractivity contribution < 1.29 is 73.4 Å². The number of Topliss-reactive ketones (excluding diaryl/α,β-unsaturated/α-hetero) is 1. The lowest BCUT2D eigenvalue weighted by atomic mass is 9.81. The van der Waals surface area contributed by atoms with Crippen molar-refractivity contribution in [3.63, 3.8) is 0 Å². The number of carboxylic acid groups (broad SMARTS) is 2. The number of likely N-dealkylation sites (tertiary alicyclic amines) is 1. The number of hydrogen-bond donors (Lipinski definition) is 6. The van der Waals surface area contributed by atoms with E-state index in [1.807, 2.05) is 60.4 Å². The van der Waals surface area contributed by atoms with Gasteiger partial charge in [-0.3, -0.25) is 38.4 Å². The van der Waals surface area contributed by atoms with Gasteiger partial charge in [-0.05, 0) is 106 Å². The molecule has 0 aliphatic carbocycles. The third-order valence-electron chi connectivity index (χ3n) is 12.0. The number of aliphatic hydroxyl groups excluding tert-OH is 3. The number of carbonyl (C=O) groups excluding carboxylic acids is 6. The summed E-state index contributed by atoms with van der Waals surface area (Å²) < 4.78 is 9.26. The van der Waals surface area contributed by atoms with Crippen molar-refractivity contribution in [2.45, 2.75) is 229 Å². The van der Waals surface area contributed by atoms with E-state index in [9.17, 15) is 53.7 Å². The van der Waals surface area contributed by atoms with Gasteiger partial charge in [0.15, 0.2) is 0 Å². The van der Waals surface area contributed by atoms with E-state index in [1.54, 1.807) is 41.8 Å². The van der Waals surface area contributed by atoms with Crippen LogP contribution in [0.5, 0.6) is 0 Å². The Bertz CT molecular complexity index is 1750. The number of aliphatic carboxylic acids is 2. The number of β-lactam (4-membered cyclic amide) rings is 1. The lowest BCUT2D eigenvalue weighted by Gasteiger charge is -2.45. The number of nitrogens with zero attached hydrogens (tertiary/aromatic N) is 2. The summed E-state index contributed by atoms with van der Waals surface area (Å²) in [7, 11) is 5.12. The van der Waals surface area contributed by atoms with Crippen molar-refractivity contribution in [3.05, 3.63) is 48.6 Å². The first-order chi connectivity index (χ1) is 36.4. The number of carboxylic acids is 2. The molecule has 0 radical (unpaired) electrons. The van der Waals surface area contributed by atoms with Crippen molar-refractivity contribution in [1.82, 2.24) is 15.1 Å². The number of aliphatic hydroxyl groups is 3. The minimum atomic E-state index is -0.941. The normalized spacial score (nSPS) is 15.6. The molecule has 0 aromatic rings. The average Bonchev–Trinajstić information content (AvgIpc) is 3.35. The van der Waals surface area contributed by atoms with E-state index in [0.29, 0.717) is 82.9 Å². The molecule has 1 aliphatic heterocycles. The van der Waals surface area contributed by atoms with E-state index in [1.165, 1.54) is 4.90 Å². The number of ketones is 1. The summed E-state index contributed by atoms with van der Waals surface area (Å²) in [5, 5.41) is 49.0. The fourth-order valence-corrected chi connectivity index (χ4v) is 8.20. The van der Waals surface area contributed by atoms with Gasteiger partial charge in [0.25, 0.3) is 0 Å². The number of esters is 2. The molecule has 6 N–H and O–H groups in total. The molecular formula is C60H109N3O15. The van der Waals surface area contributed by atoms with Crippen LogP contribution >= 0.6 is 0 Å². The number of allylic oxidation sites excluding steroid dienone is 4. The quantitative estimate of drug-likeness (QED) is 0.0115. The Kier molecular flexibility index (Phi) is 52.4. The Morgan fingerprint density at radius 1 is 0.641 bits per heavy atom. The lowest BCUT2D eigenvalue weighted by Crippen LogP contribution is -2.58. The number of rotatable bonds is 34. The van der Waals surface area contributed by atoms with Gasteiger partial charge in [0.2, 0.25) is 18.2 Å². The van der Waals surface area contributed by atoms with Crippen molar-refractivity contribution in [3.8, 4) is 0 Å². The summed E-state index contributed by atoms with van der Waals surface area (Å²) in [6.45, 7) is 38.6. The Hall–Kier alpha value is -5.20. The Balaban J connectivity index is -0.000000275. The molecule has 454 valence electrons. The zero-order valence-corrected chi connectivity index (χ0v) is 51.0. The summed E-state index contributed by atoms with van der Waals surface area (Å²) in [6, 6.07) is 0.214. The van der Waals surface area contributed by atoms with Gasteiger partial charge < -0.3 is 50.1 Å². The SMILES string of the molecule is C=C(C)C[C@@H](C(=O)NC)[C@H](O)CCC.C=C(C)C[C@@H](C(=O)O)[C@H](CCC)N(C)C=O.C=C(C)C[C@@H](C(=O)O)[C@H](O)CCC.C=C(C)C[C@H]1C(=O)N(C)[C@H]1CCC.CCCC(=O)CC(=O)OCC.CCC[C@@H](O)CC(=O)OCC. The second-order valence-electron chi connectivity index (χ2n) is 20.2. The van der Waals surface area contributed by atoms with Crippen LogP contribution in [-0.2, 0) is 47.8 Å². The van der Waals surface area contributed by atoms with Gasteiger partial charge in [-0.2, -0.15) is 0 Å². The monoisotopic (exact) mass is 1110 g/mol. The molecule has 0 aromatic heterocycles. The van der Waals surface area contributed by atoms with Crippen molar-refractivity contribution in [1.29, 1.82) is 0 Å². The molecule has 3 amide bonds. The molecule has 1 heterocycles. The zero-order valence-electron chi connectivity index (χ0n) is 51.0. The van der Waals surface area contributed by atoms with Gasteiger partial charge >= 0.3 is 23.9 Å². The highest BCUT2D eigenvalue weighted by atomic mass is 16.5. The highest BCUT2D eigenvalue weighted by molar-refractivity contribution is 5.95. The van der Waals surface area contributed by atoms with Gasteiger partial charge in [0, 0.05) is 39.6 Å². The molecule has 0 aromatic carbocycles. The topological polar surface area (TPSA) is 275 Å². The standard InChI is InChI=1S/C12H21NO3.C11H21NO2.C11H19NO.C10H18O3.C8H16O3.C8H14O3/c1-5-6-11(13(4)8-14)10(12(15)16)7-9(2)3;1-5-6-10(13)9(7-8(2)3)11(14)12-4;1-5-6-10-9(7-8(2)3)11(13)12(10)4;1-4-5-9(11)8(10(12)13)6-7(2)3;2*1-3-5-7(9)6-8(10)11-4-2/h8,10-11H,2,5-7H2,1,3-4H3,(H,15,16);9-10,13H,2,5-7H2,1,3-4H3,(H,12,14);9-10H,2,5-7H2,1,3-4H3;8-9,11H,2,4-6H2,1,3H3,(H,12,13);7,9H,3-6H2,1-2H3;3-6H2,1-2H3/t10-,11+;9-,10-;9-,10+;8-,9-;7-;/m11111./s1. The molecule has 9 atom stereocenters. The highest BCUT2D eigenvalue weighted by Gasteiger charge is 2.43. The summed E-state index contributed by atoms with van der Waals surface area (Å²) in [4.78, 5) is 91.2. The number of hydrogen-bond acceptors (Lipinski definition) is 13. The van der Waals surface area contributed by atoms with E-state index in [2.05, 4.69) is 48.0 Å². The lowest BCUT2D eigenvalue weighted by molar-refractivity contribution is -0.154. The molecule has 0 bridgehead atoms. The molecule has 1 saturated heterocycles. The van der Waals surface area contributed by atoms with Gasteiger partial charge in [0.05, 0.1) is 61.6 Å². The molecule has 0 unspecified atom stereocenters. The van der Waals surface area contributed by atoms with E-state index < -0.39 is 48.1 Å². The average molecular weight is 1110 g/mol. The van der Waals surface area contributed by atoms with Gasteiger partial charge in [0.1, 0.15) is 12.2 Å². The molecule has 78 heavy (non-hydrogen) atoms. The van der Waals surface area contributed by atoms with Gasteiger partial charge in [-0.15, -0.1) is 26.3 Å². The number of ether oxygens (including phenoxy) is 2. The maximum atomic E-state index is 11.5. The molecular weight excluding hydrogens is 1000 g/mol. The molecule has 0 spiro atoms. The maximum absolute atomic E-state index is 11.5. The van der Waals surface area contributed by atoms with Crippen LogP contribution < -0.4 is 5.32 Å². The van der Waals surface area contributed by atoms with E-state index in [0.717, 1.165) is 73.7 Å². The Morgan fingerprint density at radius 2 is 1.08 bits per heavy atom. The summed E-state index contributed by atoms with van der Waals surface area (Å²) in [6.07, 6.45) is 10.6. The first-order valence-electron chi connectivity index (χ1n) is 28.0. The maximum Gasteiger partial charge on any atom is 0.313 e. The second-order valence-corrected chi connectivity index (χ2v) is 20.2. The molecule has 1 fully saturated rings. The molecule has 1 rings (SSSR count). The van der Waals surface area contributed by atoms with Crippen molar-refractivity contribution in [2.24, 2.45) is 23.7 Å². The molecule has 18 nitrogen and oxygen atoms in total. The van der Waals surface area contributed by atoms with Crippen LogP contribution in [0.4, 0.5) is 0 Å². The van der Waals surface area contributed by atoms with Crippen LogP contribution in [0.2, 0.25) is 0 Å². The first-order valence-corrected chi connectivity index (χ1v) is 28.0. The van der Waals surface area contributed by atoms with Crippen molar-refractivity contribution >= 4 is 47.9 Å². The smallest absolute Gasteiger partial charge is 0.313 e. The van der Waals surface area contributed by atoms with Crippen LogP contribution in [0.3, 0.4) is 0 Å². The van der Waals surface area contributed by atoms with E-state index in [4.69, 9.17) is 10.2 Å². The van der Waals surface area contributed by atoms with Crippen LogP contribution in [-0.4, -0.2) is 148 Å². The van der Waals surface area contributed by atoms with Crippen LogP contribution in [0.15, 0.2) is 48.6 Å². The largest absolute Gasteiger partial charge is 0.481 e. The number of amides is 3. The van der Waals surface area contributed by atoms with Crippen LogP contribution in [0, 0.1) is 23.7 Å². The molecule has 1 aliphatic rings. The Labute approximate surface area is 470 Å². The number of carbonyl (C=O) groups is 8. The fourth-order valence-electron chi connectivity index (χ4n) is 8.20. The summed E-state index contributed by atoms with van der Waals surface area (Å²) in [5.41, 5.74) is 3.66. The van der Waals surface area contributed by atoms with Crippen LogP contribution in [0.25, 0.3) is 0 Å². The minimum absolute atomic E-state index is 0.0362. The summed E-state index contributed by atoms with van der Waals surface area (Å²) >= 11 is 0. The fraction of sp³-hybridized carbons (Fsp3) is 0.733. The molecule has 18 heteroatoms. The third kappa shape index (κ3) is 41.8. The Morgan fingerprint density at radius 3 is 1.45 bits per heavy atom. The zero-order chi connectivity index (χ0) is 61.7. The molecule has 0 saturated carbocycles.